The van der Waals surface area contributed by atoms with Crippen LogP contribution in [0.1, 0.15) is 24.1 Å². The Morgan fingerprint density at radius 3 is 2.95 bits per heavy atom. The van der Waals surface area contributed by atoms with Crippen molar-refractivity contribution in [3.63, 3.8) is 0 Å². The molecule has 4 nitrogen and oxygen atoms in total. The number of carbonyl (C=O) groups excluding carboxylic acids is 1. The fourth-order valence-corrected chi connectivity index (χ4v) is 3.38. The van der Waals surface area contributed by atoms with Crippen molar-refractivity contribution in [1.29, 1.82) is 0 Å². The molecule has 1 saturated heterocycles. The number of nitrogens with zero attached hydrogens (tertiary/aromatic N) is 2. The fourth-order valence-electron chi connectivity index (χ4n) is 2.63. The second-order valence-corrected chi connectivity index (χ2v) is 6.78. The quantitative estimate of drug-likeness (QED) is 0.894. The van der Waals surface area contributed by atoms with Crippen LogP contribution in [0.4, 0.5) is 0 Å². The number of hydrogen-bond donors (Lipinski definition) is 1. The summed E-state index contributed by atoms with van der Waals surface area (Å²) in [6.07, 6.45) is 3.56. The van der Waals surface area contributed by atoms with Gasteiger partial charge in [0.1, 0.15) is 0 Å². The minimum Gasteiger partial charge on any atom is -0.340 e. The molecule has 2 heterocycles. The first-order chi connectivity index (χ1) is 9.81. The van der Waals surface area contributed by atoms with Crippen molar-refractivity contribution >= 4 is 17.2 Å². The molecule has 1 saturated carbocycles. The van der Waals surface area contributed by atoms with Crippen LogP contribution in [0.15, 0.2) is 17.5 Å². The maximum absolute atomic E-state index is 12.2. The summed E-state index contributed by atoms with van der Waals surface area (Å²) in [5.74, 6) is 0.273. The molecule has 0 atom stereocenters. The lowest BCUT2D eigenvalue weighted by Crippen LogP contribution is -2.40. The average Bonchev–Trinajstić information content (AvgIpc) is 3.19. The van der Waals surface area contributed by atoms with Crippen LogP contribution in [-0.2, 0) is 11.3 Å². The SMILES string of the molecule is O=C(CNC1CC1)N1CCCN(Cc2cccs2)CC1. The second-order valence-electron chi connectivity index (χ2n) is 5.75. The van der Waals surface area contributed by atoms with Gasteiger partial charge in [0.05, 0.1) is 6.54 Å². The number of rotatable bonds is 5. The zero-order valence-corrected chi connectivity index (χ0v) is 12.7. The van der Waals surface area contributed by atoms with Crippen molar-refractivity contribution < 1.29 is 4.79 Å². The molecular formula is C15H23N3OS. The van der Waals surface area contributed by atoms with Gasteiger partial charge in [-0.1, -0.05) is 6.07 Å². The van der Waals surface area contributed by atoms with Crippen LogP contribution in [0.25, 0.3) is 0 Å². The first kappa shape index (κ1) is 14.0. The molecule has 1 aliphatic heterocycles. The summed E-state index contributed by atoms with van der Waals surface area (Å²) in [7, 11) is 0. The van der Waals surface area contributed by atoms with E-state index in [2.05, 4.69) is 27.7 Å². The van der Waals surface area contributed by atoms with Crippen LogP contribution < -0.4 is 5.32 Å². The van der Waals surface area contributed by atoms with Gasteiger partial charge >= 0.3 is 0 Å². The first-order valence-electron chi connectivity index (χ1n) is 7.57. The highest BCUT2D eigenvalue weighted by molar-refractivity contribution is 7.09. The van der Waals surface area contributed by atoms with Crippen LogP contribution in [0, 0.1) is 0 Å². The molecular weight excluding hydrogens is 270 g/mol. The van der Waals surface area contributed by atoms with E-state index in [0.29, 0.717) is 12.6 Å². The Morgan fingerprint density at radius 1 is 1.30 bits per heavy atom. The summed E-state index contributed by atoms with van der Waals surface area (Å²) >= 11 is 1.82. The van der Waals surface area contributed by atoms with Gasteiger partial charge in [-0.2, -0.15) is 0 Å². The Bertz CT molecular complexity index is 430. The Kier molecular flexibility index (Phi) is 4.70. The van der Waals surface area contributed by atoms with Crippen molar-refractivity contribution in [2.45, 2.75) is 31.8 Å². The van der Waals surface area contributed by atoms with E-state index in [1.54, 1.807) is 0 Å². The standard InChI is InChI=1S/C15H23N3OS/c19-15(11-16-13-4-5-13)18-7-2-6-17(8-9-18)12-14-3-1-10-20-14/h1,3,10,13,16H,2,4-9,11-12H2. The normalized spacial score (nSPS) is 20.9. The first-order valence-corrected chi connectivity index (χ1v) is 8.45. The summed E-state index contributed by atoms with van der Waals surface area (Å²) in [6.45, 7) is 5.42. The van der Waals surface area contributed by atoms with Crippen molar-refractivity contribution in [3.05, 3.63) is 22.4 Å². The number of hydrogen-bond acceptors (Lipinski definition) is 4. The van der Waals surface area contributed by atoms with Crippen molar-refractivity contribution in [2.75, 3.05) is 32.7 Å². The fraction of sp³-hybridized carbons (Fsp3) is 0.667. The molecule has 0 bridgehead atoms. The lowest BCUT2D eigenvalue weighted by molar-refractivity contribution is -0.130. The third-order valence-corrected chi connectivity index (χ3v) is 4.88. The van der Waals surface area contributed by atoms with Gasteiger partial charge in [0.2, 0.25) is 5.91 Å². The molecule has 3 rings (SSSR count). The van der Waals surface area contributed by atoms with E-state index < -0.39 is 0 Å². The highest BCUT2D eigenvalue weighted by Gasteiger charge is 2.24. The van der Waals surface area contributed by atoms with Crippen molar-refractivity contribution in [3.8, 4) is 0 Å². The van der Waals surface area contributed by atoms with Gasteiger partial charge in [-0.25, -0.2) is 0 Å². The lowest BCUT2D eigenvalue weighted by atomic mass is 10.3. The molecule has 1 N–H and O–H groups in total. The number of amides is 1. The number of carbonyl (C=O) groups is 1. The lowest BCUT2D eigenvalue weighted by Gasteiger charge is -2.22. The van der Waals surface area contributed by atoms with Gasteiger partial charge in [0, 0.05) is 43.6 Å². The van der Waals surface area contributed by atoms with Crippen LogP contribution in [-0.4, -0.2) is 54.5 Å². The number of nitrogens with one attached hydrogen (secondary N) is 1. The molecule has 0 aromatic carbocycles. The van der Waals surface area contributed by atoms with Gasteiger partial charge in [-0.05, 0) is 30.7 Å². The molecule has 0 radical (unpaired) electrons. The van der Waals surface area contributed by atoms with Gasteiger partial charge < -0.3 is 10.2 Å². The molecule has 1 aliphatic carbocycles. The molecule has 1 aromatic rings. The van der Waals surface area contributed by atoms with Gasteiger partial charge in [-0.3, -0.25) is 9.69 Å². The summed E-state index contributed by atoms with van der Waals surface area (Å²) in [4.78, 5) is 18.1. The Balaban J connectivity index is 1.44. The predicted octanol–water partition coefficient (Wildman–Crippen LogP) is 1.53. The van der Waals surface area contributed by atoms with Gasteiger partial charge in [0.25, 0.3) is 0 Å². The molecule has 0 unspecified atom stereocenters. The second kappa shape index (κ2) is 6.70. The third-order valence-electron chi connectivity index (χ3n) is 4.02. The predicted molar refractivity (Wildman–Crippen MR) is 81.8 cm³/mol. The minimum absolute atomic E-state index is 0.273. The monoisotopic (exact) mass is 293 g/mol. The molecule has 1 amide bonds. The smallest absolute Gasteiger partial charge is 0.236 e. The topological polar surface area (TPSA) is 35.6 Å². The van der Waals surface area contributed by atoms with E-state index in [9.17, 15) is 4.79 Å². The third kappa shape index (κ3) is 4.04. The summed E-state index contributed by atoms with van der Waals surface area (Å²) < 4.78 is 0. The number of thiophene rings is 1. The van der Waals surface area contributed by atoms with Gasteiger partial charge in [-0.15, -0.1) is 11.3 Å². The van der Waals surface area contributed by atoms with Crippen LogP contribution in [0.5, 0.6) is 0 Å². The molecule has 110 valence electrons. The zero-order valence-electron chi connectivity index (χ0n) is 11.9. The maximum Gasteiger partial charge on any atom is 0.236 e. The summed E-state index contributed by atoms with van der Waals surface area (Å²) in [5.41, 5.74) is 0. The molecule has 0 spiro atoms. The highest BCUT2D eigenvalue weighted by atomic mass is 32.1. The highest BCUT2D eigenvalue weighted by Crippen LogP contribution is 2.18. The average molecular weight is 293 g/mol. The Morgan fingerprint density at radius 2 is 2.20 bits per heavy atom. The molecule has 20 heavy (non-hydrogen) atoms. The van der Waals surface area contributed by atoms with Crippen LogP contribution in [0.2, 0.25) is 0 Å². The van der Waals surface area contributed by atoms with Gasteiger partial charge in [0.15, 0.2) is 0 Å². The van der Waals surface area contributed by atoms with Crippen LogP contribution >= 0.6 is 11.3 Å². The molecule has 5 heteroatoms. The van der Waals surface area contributed by atoms with E-state index in [4.69, 9.17) is 0 Å². The largest absolute Gasteiger partial charge is 0.340 e. The van der Waals surface area contributed by atoms with E-state index in [1.807, 2.05) is 16.2 Å². The zero-order chi connectivity index (χ0) is 13.8. The van der Waals surface area contributed by atoms with E-state index in [0.717, 1.165) is 39.1 Å². The van der Waals surface area contributed by atoms with Crippen molar-refractivity contribution in [1.82, 2.24) is 15.1 Å². The van der Waals surface area contributed by atoms with E-state index in [1.165, 1.54) is 17.7 Å². The van der Waals surface area contributed by atoms with E-state index >= 15 is 0 Å². The van der Waals surface area contributed by atoms with E-state index in [-0.39, 0.29) is 5.91 Å². The Hall–Kier alpha value is -0.910. The summed E-state index contributed by atoms with van der Waals surface area (Å²) in [5, 5.41) is 5.45. The van der Waals surface area contributed by atoms with Crippen molar-refractivity contribution in [2.24, 2.45) is 0 Å². The van der Waals surface area contributed by atoms with Crippen LogP contribution in [0.3, 0.4) is 0 Å². The molecule has 2 fully saturated rings. The Labute approximate surface area is 124 Å². The summed E-state index contributed by atoms with van der Waals surface area (Å²) in [6, 6.07) is 4.91. The molecule has 1 aromatic heterocycles. The minimum atomic E-state index is 0.273. The molecule has 2 aliphatic rings. The maximum atomic E-state index is 12.2.